The Hall–Kier alpha value is -2.22. The number of carbonyl (C=O) groups excluding carboxylic acids is 1. The molecule has 2 aromatic heterocycles. The van der Waals surface area contributed by atoms with Gasteiger partial charge < -0.3 is 14.6 Å². The molecule has 1 amide bonds. The van der Waals surface area contributed by atoms with Crippen molar-refractivity contribution < 1.29 is 9.53 Å². The van der Waals surface area contributed by atoms with Gasteiger partial charge in [-0.15, -0.1) is 0 Å². The summed E-state index contributed by atoms with van der Waals surface area (Å²) in [4.78, 5) is 25.7. The Morgan fingerprint density at radius 2 is 2.41 bits per heavy atom. The van der Waals surface area contributed by atoms with E-state index in [-0.39, 0.29) is 12.0 Å². The Morgan fingerprint density at radius 1 is 1.55 bits per heavy atom. The molecule has 8 heteroatoms. The van der Waals surface area contributed by atoms with E-state index in [0.29, 0.717) is 31.2 Å². The number of amides is 1. The number of morpholine rings is 1. The third-order valence-corrected chi connectivity index (χ3v) is 3.61. The molecule has 3 rings (SSSR count). The molecule has 0 radical (unpaired) electrons. The first-order valence-electron chi connectivity index (χ1n) is 7.51. The van der Waals surface area contributed by atoms with Crippen LogP contribution in [0.15, 0.2) is 6.20 Å². The van der Waals surface area contributed by atoms with Crippen LogP contribution in [0.1, 0.15) is 47.4 Å². The maximum absolute atomic E-state index is 12.4. The van der Waals surface area contributed by atoms with E-state index >= 15 is 0 Å². The van der Waals surface area contributed by atoms with Crippen LogP contribution in [0.4, 0.5) is 0 Å². The molecule has 1 fully saturated rings. The van der Waals surface area contributed by atoms with Gasteiger partial charge in [-0.3, -0.25) is 9.89 Å². The minimum absolute atomic E-state index is 0.0711. The number of nitrogens with zero attached hydrogens (tertiary/aromatic N) is 4. The SMILES string of the molecule is CCCc1nc(C2CN(C(=O)c3cnc(C)[nH]3)CCO2)n[nH]1. The largest absolute Gasteiger partial charge is 0.366 e. The van der Waals surface area contributed by atoms with Crippen LogP contribution < -0.4 is 0 Å². The summed E-state index contributed by atoms with van der Waals surface area (Å²) in [6, 6.07) is 0. The summed E-state index contributed by atoms with van der Waals surface area (Å²) in [6.07, 6.45) is 3.14. The van der Waals surface area contributed by atoms with E-state index in [4.69, 9.17) is 4.74 Å². The summed E-state index contributed by atoms with van der Waals surface area (Å²) in [5.41, 5.74) is 0.500. The molecule has 0 saturated carbocycles. The molecule has 0 aromatic carbocycles. The highest BCUT2D eigenvalue weighted by Crippen LogP contribution is 2.20. The van der Waals surface area contributed by atoms with Crippen molar-refractivity contribution >= 4 is 5.91 Å². The van der Waals surface area contributed by atoms with Crippen molar-refractivity contribution in [3.63, 3.8) is 0 Å². The van der Waals surface area contributed by atoms with Crippen molar-refractivity contribution in [3.05, 3.63) is 29.4 Å². The first-order chi connectivity index (χ1) is 10.7. The molecule has 2 aromatic rings. The van der Waals surface area contributed by atoms with Crippen molar-refractivity contribution in [1.82, 2.24) is 30.0 Å². The molecule has 118 valence electrons. The van der Waals surface area contributed by atoms with E-state index in [1.54, 1.807) is 11.1 Å². The van der Waals surface area contributed by atoms with Gasteiger partial charge in [0.2, 0.25) is 0 Å². The molecule has 0 spiro atoms. The van der Waals surface area contributed by atoms with Crippen LogP contribution in [0.5, 0.6) is 0 Å². The van der Waals surface area contributed by atoms with Crippen molar-refractivity contribution in [2.75, 3.05) is 19.7 Å². The van der Waals surface area contributed by atoms with Gasteiger partial charge in [0, 0.05) is 13.0 Å². The predicted molar refractivity (Wildman–Crippen MR) is 78.3 cm³/mol. The molecule has 8 nitrogen and oxygen atoms in total. The smallest absolute Gasteiger partial charge is 0.272 e. The Kier molecular flexibility index (Phi) is 4.19. The Balaban J connectivity index is 1.69. The molecule has 1 unspecified atom stereocenters. The fourth-order valence-electron chi connectivity index (χ4n) is 2.49. The second-order valence-electron chi connectivity index (χ2n) is 5.38. The lowest BCUT2D eigenvalue weighted by atomic mass is 10.2. The van der Waals surface area contributed by atoms with Crippen LogP contribution in [-0.4, -0.2) is 55.7 Å². The molecule has 0 aliphatic carbocycles. The van der Waals surface area contributed by atoms with E-state index in [2.05, 4.69) is 32.1 Å². The number of aromatic nitrogens is 5. The van der Waals surface area contributed by atoms with Gasteiger partial charge in [0.15, 0.2) is 5.82 Å². The molecular formula is C14H20N6O2. The third-order valence-electron chi connectivity index (χ3n) is 3.61. The number of rotatable bonds is 4. The van der Waals surface area contributed by atoms with E-state index in [1.807, 2.05) is 6.92 Å². The predicted octanol–water partition coefficient (Wildman–Crippen LogP) is 1.00. The van der Waals surface area contributed by atoms with E-state index in [9.17, 15) is 4.79 Å². The van der Waals surface area contributed by atoms with Crippen molar-refractivity contribution in [2.24, 2.45) is 0 Å². The van der Waals surface area contributed by atoms with Gasteiger partial charge in [-0.25, -0.2) is 9.97 Å². The fourth-order valence-corrected chi connectivity index (χ4v) is 2.49. The summed E-state index contributed by atoms with van der Waals surface area (Å²) in [7, 11) is 0. The van der Waals surface area contributed by atoms with Gasteiger partial charge in [-0.05, 0) is 13.3 Å². The molecule has 0 bridgehead atoms. The van der Waals surface area contributed by atoms with Crippen LogP contribution in [0.25, 0.3) is 0 Å². The summed E-state index contributed by atoms with van der Waals surface area (Å²) in [5, 5.41) is 7.13. The summed E-state index contributed by atoms with van der Waals surface area (Å²) >= 11 is 0. The molecule has 1 saturated heterocycles. The minimum Gasteiger partial charge on any atom is -0.366 e. The highest BCUT2D eigenvalue weighted by atomic mass is 16.5. The lowest BCUT2D eigenvalue weighted by Crippen LogP contribution is -2.42. The van der Waals surface area contributed by atoms with Crippen LogP contribution >= 0.6 is 0 Å². The molecule has 1 atom stereocenters. The van der Waals surface area contributed by atoms with Crippen LogP contribution in [0.3, 0.4) is 0 Å². The average molecular weight is 304 g/mol. The quantitative estimate of drug-likeness (QED) is 0.878. The normalized spacial score (nSPS) is 18.6. The van der Waals surface area contributed by atoms with Gasteiger partial charge in [0.1, 0.15) is 23.4 Å². The lowest BCUT2D eigenvalue weighted by molar-refractivity contribution is -0.0268. The second kappa shape index (κ2) is 6.27. The van der Waals surface area contributed by atoms with Gasteiger partial charge in [-0.1, -0.05) is 6.92 Å². The van der Waals surface area contributed by atoms with Crippen molar-refractivity contribution in [3.8, 4) is 0 Å². The number of aromatic amines is 2. The molecular weight excluding hydrogens is 284 g/mol. The number of hydrogen-bond donors (Lipinski definition) is 2. The van der Waals surface area contributed by atoms with Gasteiger partial charge in [0.25, 0.3) is 5.91 Å². The third kappa shape index (κ3) is 3.01. The highest BCUT2D eigenvalue weighted by Gasteiger charge is 2.29. The first-order valence-corrected chi connectivity index (χ1v) is 7.51. The van der Waals surface area contributed by atoms with Crippen molar-refractivity contribution in [1.29, 1.82) is 0 Å². The zero-order valence-electron chi connectivity index (χ0n) is 12.8. The number of carbonyl (C=O) groups is 1. The van der Waals surface area contributed by atoms with Crippen LogP contribution in [0, 0.1) is 6.92 Å². The second-order valence-corrected chi connectivity index (χ2v) is 5.38. The number of nitrogens with one attached hydrogen (secondary N) is 2. The zero-order chi connectivity index (χ0) is 15.5. The maximum Gasteiger partial charge on any atom is 0.272 e. The molecule has 2 N–H and O–H groups in total. The van der Waals surface area contributed by atoms with E-state index < -0.39 is 0 Å². The zero-order valence-corrected chi connectivity index (χ0v) is 12.8. The van der Waals surface area contributed by atoms with Gasteiger partial charge in [0.05, 0.1) is 19.3 Å². The maximum atomic E-state index is 12.4. The van der Waals surface area contributed by atoms with Crippen LogP contribution in [-0.2, 0) is 11.2 Å². The van der Waals surface area contributed by atoms with Gasteiger partial charge >= 0.3 is 0 Å². The number of H-pyrrole nitrogens is 2. The fraction of sp³-hybridized carbons (Fsp3) is 0.571. The Morgan fingerprint density at radius 3 is 3.14 bits per heavy atom. The van der Waals surface area contributed by atoms with E-state index in [0.717, 1.165) is 24.5 Å². The van der Waals surface area contributed by atoms with Gasteiger partial charge in [-0.2, -0.15) is 5.10 Å². The molecule has 22 heavy (non-hydrogen) atoms. The van der Waals surface area contributed by atoms with Crippen LogP contribution in [0.2, 0.25) is 0 Å². The van der Waals surface area contributed by atoms with E-state index in [1.165, 1.54) is 0 Å². The molecule has 3 heterocycles. The highest BCUT2D eigenvalue weighted by molar-refractivity contribution is 5.92. The molecule has 1 aliphatic heterocycles. The Bertz CT molecular complexity index is 649. The number of hydrogen-bond acceptors (Lipinski definition) is 5. The first kappa shape index (κ1) is 14.7. The average Bonchev–Trinajstić information content (AvgIpc) is 3.16. The monoisotopic (exact) mass is 304 g/mol. The summed E-state index contributed by atoms with van der Waals surface area (Å²) in [5.74, 6) is 2.13. The Labute approximate surface area is 128 Å². The minimum atomic E-state index is -0.288. The van der Waals surface area contributed by atoms with Crippen molar-refractivity contribution in [2.45, 2.75) is 32.8 Å². The number of imidazole rings is 1. The summed E-state index contributed by atoms with van der Waals surface area (Å²) in [6.45, 7) is 5.38. The lowest BCUT2D eigenvalue weighted by Gasteiger charge is -2.31. The molecule has 1 aliphatic rings. The number of ether oxygens (including phenoxy) is 1. The standard InChI is InChI=1S/C14H20N6O2/c1-3-4-12-17-13(19-18-12)11-8-20(5-6-22-11)14(21)10-7-15-9(2)16-10/h7,11H,3-6,8H2,1-2H3,(H,15,16)(H,17,18,19). The topological polar surface area (TPSA) is 99.8 Å². The number of aryl methyl sites for hydroxylation is 2. The summed E-state index contributed by atoms with van der Waals surface area (Å²) < 4.78 is 5.71.